The Morgan fingerprint density at radius 2 is 1.85 bits per heavy atom. The van der Waals surface area contributed by atoms with Crippen molar-refractivity contribution in [3.8, 4) is 0 Å². The van der Waals surface area contributed by atoms with E-state index in [1.807, 2.05) is 35.2 Å². The van der Waals surface area contributed by atoms with Gasteiger partial charge in [0.15, 0.2) is 5.58 Å². The summed E-state index contributed by atoms with van der Waals surface area (Å²) < 4.78 is 5.79. The van der Waals surface area contributed by atoms with E-state index in [0.717, 1.165) is 19.5 Å². The van der Waals surface area contributed by atoms with E-state index >= 15 is 0 Å². The number of hydrogen-bond donors (Lipinski definition) is 0. The van der Waals surface area contributed by atoms with Crippen LogP contribution in [0, 0.1) is 5.92 Å². The van der Waals surface area contributed by atoms with Crippen molar-refractivity contribution in [2.75, 3.05) is 31.1 Å². The van der Waals surface area contributed by atoms with Crippen molar-refractivity contribution in [3.05, 3.63) is 54.2 Å². The van der Waals surface area contributed by atoms with Crippen molar-refractivity contribution in [2.45, 2.75) is 12.3 Å². The molecule has 2 aliphatic rings. The van der Waals surface area contributed by atoms with Crippen molar-refractivity contribution in [3.63, 3.8) is 0 Å². The van der Waals surface area contributed by atoms with E-state index in [0.29, 0.717) is 36.3 Å². The summed E-state index contributed by atoms with van der Waals surface area (Å²) in [6.45, 7) is 2.90. The number of nitrogens with zero attached hydrogens (tertiary/aromatic N) is 4. The molecule has 132 valence electrons. The zero-order chi connectivity index (χ0) is 17.5. The zero-order valence-electron chi connectivity index (χ0n) is 14.4. The monoisotopic (exact) mass is 348 g/mol. The van der Waals surface area contributed by atoms with Gasteiger partial charge < -0.3 is 14.2 Å². The molecule has 1 saturated heterocycles. The third-order valence-corrected chi connectivity index (χ3v) is 5.35. The van der Waals surface area contributed by atoms with Gasteiger partial charge in [0.05, 0.1) is 0 Å². The first-order valence-electron chi connectivity index (χ1n) is 9.10. The fraction of sp³-hybridized carbons (Fsp3) is 0.350. The van der Waals surface area contributed by atoms with Gasteiger partial charge in [-0.05, 0) is 30.0 Å². The number of carbonyl (C=O) groups excluding carboxylic acids is 1. The lowest BCUT2D eigenvalue weighted by Gasteiger charge is -2.34. The first kappa shape index (κ1) is 15.4. The summed E-state index contributed by atoms with van der Waals surface area (Å²) in [7, 11) is 0. The van der Waals surface area contributed by atoms with Crippen molar-refractivity contribution >= 4 is 23.2 Å². The molecule has 1 amide bonds. The summed E-state index contributed by atoms with van der Waals surface area (Å²) in [5, 5.41) is 0. The molecule has 0 radical (unpaired) electrons. The van der Waals surface area contributed by atoms with Gasteiger partial charge in [0, 0.05) is 38.3 Å². The lowest BCUT2D eigenvalue weighted by Crippen LogP contribution is -2.49. The maximum Gasteiger partial charge on any atom is 0.300 e. The molecule has 2 fully saturated rings. The average Bonchev–Trinajstić information content (AvgIpc) is 3.39. The quantitative estimate of drug-likeness (QED) is 0.728. The molecule has 1 saturated carbocycles. The van der Waals surface area contributed by atoms with Crippen molar-refractivity contribution in [2.24, 2.45) is 5.92 Å². The number of hydrogen-bond acceptors (Lipinski definition) is 5. The minimum atomic E-state index is 0.150. The largest absolute Gasteiger partial charge is 0.422 e. The predicted octanol–water partition coefficient (Wildman–Crippen LogP) is 2.68. The second-order valence-corrected chi connectivity index (χ2v) is 6.99. The summed E-state index contributed by atoms with van der Waals surface area (Å²) in [5.74, 6) is 0.833. The van der Waals surface area contributed by atoms with E-state index in [9.17, 15) is 4.79 Å². The van der Waals surface area contributed by atoms with E-state index in [2.05, 4.69) is 27.0 Å². The minimum Gasteiger partial charge on any atom is -0.422 e. The molecule has 3 heterocycles. The third-order valence-electron chi connectivity index (χ3n) is 5.35. The lowest BCUT2D eigenvalue weighted by molar-refractivity contribution is -0.133. The number of oxazole rings is 1. The molecule has 6 nitrogen and oxygen atoms in total. The van der Waals surface area contributed by atoms with Crippen LogP contribution in [0.2, 0.25) is 0 Å². The standard InChI is InChI=1S/C20H20N4O2/c25-19(16-13-15(16)14-5-2-1-3-6-14)23-9-11-24(12-10-23)20-22-18-17(26-20)7-4-8-21-18/h1-8,15-16H,9-13H2/t15-,16-/m0/s1. The zero-order valence-corrected chi connectivity index (χ0v) is 14.4. The molecule has 26 heavy (non-hydrogen) atoms. The Labute approximate surface area is 151 Å². The van der Waals surface area contributed by atoms with Crippen LogP contribution in [-0.2, 0) is 4.79 Å². The SMILES string of the molecule is O=C([C@H]1C[C@H]1c1ccccc1)N1CCN(c2nc3ncccc3o2)CC1. The van der Waals surface area contributed by atoms with Gasteiger partial charge in [0.2, 0.25) is 11.6 Å². The molecular formula is C20H20N4O2. The summed E-state index contributed by atoms with van der Waals surface area (Å²) in [6.07, 6.45) is 2.68. The number of benzene rings is 1. The predicted molar refractivity (Wildman–Crippen MR) is 97.9 cm³/mol. The van der Waals surface area contributed by atoms with Crippen LogP contribution in [0.25, 0.3) is 11.2 Å². The third kappa shape index (κ3) is 2.71. The molecule has 0 unspecified atom stereocenters. The average molecular weight is 348 g/mol. The van der Waals surface area contributed by atoms with Gasteiger partial charge in [-0.2, -0.15) is 4.98 Å². The van der Waals surface area contributed by atoms with Gasteiger partial charge in [-0.15, -0.1) is 0 Å². The Kier molecular flexibility index (Phi) is 3.62. The minimum absolute atomic E-state index is 0.150. The number of pyridine rings is 1. The number of anilines is 1. The van der Waals surface area contributed by atoms with Gasteiger partial charge in [-0.3, -0.25) is 4.79 Å². The summed E-state index contributed by atoms with van der Waals surface area (Å²) in [5.41, 5.74) is 2.61. The number of carbonyl (C=O) groups is 1. The van der Waals surface area contributed by atoms with Gasteiger partial charge in [-0.25, -0.2) is 4.98 Å². The molecule has 1 aromatic carbocycles. The highest BCUT2D eigenvalue weighted by atomic mass is 16.4. The van der Waals surface area contributed by atoms with Crippen LogP contribution in [-0.4, -0.2) is 47.0 Å². The fourth-order valence-electron chi connectivity index (χ4n) is 3.78. The van der Waals surface area contributed by atoms with Crippen LogP contribution in [0.4, 0.5) is 6.01 Å². The smallest absolute Gasteiger partial charge is 0.300 e. The lowest BCUT2D eigenvalue weighted by atomic mass is 10.1. The van der Waals surface area contributed by atoms with E-state index in [4.69, 9.17) is 4.42 Å². The van der Waals surface area contributed by atoms with Gasteiger partial charge in [-0.1, -0.05) is 30.3 Å². The highest BCUT2D eigenvalue weighted by Gasteiger charge is 2.46. The van der Waals surface area contributed by atoms with Crippen LogP contribution in [0.3, 0.4) is 0 Å². The maximum absolute atomic E-state index is 12.8. The summed E-state index contributed by atoms with van der Waals surface area (Å²) >= 11 is 0. The molecule has 2 atom stereocenters. The van der Waals surface area contributed by atoms with Crippen LogP contribution in [0.15, 0.2) is 53.1 Å². The first-order valence-corrected chi connectivity index (χ1v) is 9.10. The highest BCUT2D eigenvalue weighted by molar-refractivity contribution is 5.83. The van der Waals surface area contributed by atoms with Crippen LogP contribution in [0.1, 0.15) is 17.9 Å². The number of amides is 1. The number of aromatic nitrogens is 2. The normalized spacial score (nSPS) is 22.6. The summed E-state index contributed by atoms with van der Waals surface area (Å²) in [6, 6.07) is 14.7. The second-order valence-electron chi connectivity index (χ2n) is 6.99. The molecule has 2 aromatic heterocycles. The number of piperazine rings is 1. The molecule has 5 rings (SSSR count). The van der Waals surface area contributed by atoms with Gasteiger partial charge >= 0.3 is 0 Å². The molecule has 0 N–H and O–H groups in total. The Bertz CT molecular complexity index is 898. The van der Waals surface area contributed by atoms with Crippen LogP contribution < -0.4 is 4.90 Å². The van der Waals surface area contributed by atoms with Crippen LogP contribution in [0.5, 0.6) is 0 Å². The van der Waals surface area contributed by atoms with E-state index in [-0.39, 0.29) is 11.8 Å². The Balaban J connectivity index is 1.21. The Hall–Kier alpha value is -2.89. The van der Waals surface area contributed by atoms with E-state index in [1.54, 1.807) is 6.20 Å². The Morgan fingerprint density at radius 1 is 1.04 bits per heavy atom. The second kappa shape index (κ2) is 6.12. The molecule has 6 heteroatoms. The first-order chi connectivity index (χ1) is 12.8. The topological polar surface area (TPSA) is 62.5 Å². The van der Waals surface area contributed by atoms with Crippen molar-refractivity contribution in [1.29, 1.82) is 0 Å². The highest BCUT2D eigenvalue weighted by Crippen LogP contribution is 2.48. The number of rotatable bonds is 3. The molecule has 1 aliphatic heterocycles. The van der Waals surface area contributed by atoms with E-state index in [1.165, 1.54) is 5.56 Å². The fourth-order valence-corrected chi connectivity index (χ4v) is 3.78. The van der Waals surface area contributed by atoms with E-state index < -0.39 is 0 Å². The molecule has 0 spiro atoms. The van der Waals surface area contributed by atoms with Gasteiger partial charge in [0.25, 0.3) is 6.01 Å². The van der Waals surface area contributed by atoms with Crippen LogP contribution >= 0.6 is 0 Å². The van der Waals surface area contributed by atoms with Crippen molar-refractivity contribution < 1.29 is 9.21 Å². The molecule has 0 bridgehead atoms. The summed E-state index contributed by atoms with van der Waals surface area (Å²) in [4.78, 5) is 25.5. The maximum atomic E-state index is 12.8. The number of fused-ring (bicyclic) bond motifs is 1. The Morgan fingerprint density at radius 3 is 2.62 bits per heavy atom. The molecular weight excluding hydrogens is 328 g/mol. The molecule has 3 aromatic rings. The van der Waals surface area contributed by atoms with Gasteiger partial charge in [0.1, 0.15) is 0 Å². The van der Waals surface area contributed by atoms with Crippen molar-refractivity contribution in [1.82, 2.24) is 14.9 Å². The molecule has 1 aliphatic carbocycles.